The Kier molecular flexibility index (Phi) is 3.68. The van der Waals surface area contributed by atoms with Crippen LogP contribution in [0.5, 0.6) is 0 Å². The standard InChI is InChI=1S/C13H14ClFN2O/c1-8-11(7-18)9(2)17(16-8)6-10-4-3-5-12(15)13(10)14/h3-5,18H,6-7H2,1-2H3. The summed E-state index contributed by atoms with van der Waals surface area (Å²) in [5, 5.41) is 13.7. The van der Waals surface area contributed by atoms with Gasteiger partial charge < -0.3 is 5.11 Å². The molecule has 0 saturated heterocycles. The molecule has 0 aliphatic carbocycles. The molecule has 2 rings (SSSR count). The van der Waals surface area contributed by atoms with E-state index in [4.69, 9.17) is 11.6 Å². The zero-order valence-electron chi connectivity index (χ0n) is 10.2. The van der Waals surface area contributed by atoms with E-state index in [0.29, 0.717) is 12.1 Å². The molecule has 0 atom stereocenters. The summed E-state index contributed by atoms with van der Waals surface area (Å²) in [7, 11) is 0. The lowest BCUT2D eigenvalue weighted by Crippen LogP contribution is -2.05. The zero-order valence-corrected chi connectivity index (χ0v) is 11.0. The summed E-state index contributed by atoms with van der Waals surface area (Å²) >= 11 is 5.91. The first-order valence-corrected chi connectivity index (χ1v) is 5.99. The van der Waals surface area contributed by atoms with E-state index in [9.17, 15) is 9.50 Å². The lowest BCUT2D eigenvalue weighted by molar-refractivity contribution is 0.280. The van der Waals surface area contributed by atoms with Gasteiger partial charge in [0, 0.05) is 11.3 Å². The molecule has 1 N–H and O–H groups in total. The van der Waals surface area contributed by atoms with Crippen molar-refractivity contribution in [1.82, 2.24) is 9.78 Å². The Morgan fingerprint density at radius 1 is 1.39 bits per heavy atom. The van der Waals surface area contributed by atoms with Gasteiger partial charge in [0.2, 0.25) is 0 Å². The number of aliphatic hydroxyl groups excluding tert-OH is 1. The molecular weight excluding hydrogens is 255 g/mol. The summed E-state index contributed by atoms with van der Waals surface area (Å²) in [5.74, 6) is -0.432. The third kappa shape index (κ3) is 2.26. The third-order valence-corrected chi connectivity index (χ3v) is 3.46. The molecule has 0 aliphatic heterocycles. The largest absolute Gasteiger partial charge is 0.392 e. The molecule has 1 aromatic heterocycles. The second-order valence-corrected chi connectivity index (χ2v) is 4.56. The average Bonchev–Trinajstić information content (AvgIpc) is 2.60. The lowest BCUT2D eigenvalue weighted by atomic mass is 10.2. The molecule has 0 unspecified atom stereocenters. The predicted molar refractivity (Wildman–Crippen MR) is 68.1 cm³/mol. The van der Waals surface area contributed by atoms with Crippen LogP contribution >= 0.6 is 11.6 Å². The Balaban J connectivity index is 2.37. The molecule has 3 nitrogen and oxygen atoms in total. The second kappa shape index (κ2) is 5.08. The molecule has 0 amide bonds. The van der Waals surface area contributed by atoms with Crippen molar-refractivity contribution < 1.29 is 9.50 Å². The SMILES string of the molecule is Cc1nn(Cc2cccc(F)c2Cl)c(C)c1CO. The highest BCUT2D eigenvalue weighted by molar-refractivity contribution is 6.31. The maximum atomic E-state index is 13.3. The van der Waals surface area contributed by atoms with E-state index in [1.165, 1.54) is 6.07 Å². The third-order valence-electron chi connectivity index (χ3n) is 3.04. The minimum atomic E-state index is -0.432. The Labute approximate surface area is 110 Å². The van der Waals surface area contributed by atoms with Gasteiger partial charge in [-0.3, -0.25) is 4.68 Å². The Hall–Kier alpha value is -1.39. The second-order valence-electron chi connectivity index (χ2n) is 4.18. The number of nitrogens with zero attached hydrogens (tertiary/aromatic N) is 2. The van der Waals surface area contributed by atoms with Crippen molar-refractivity contribution in [3.63, 3.8) is 0 Å². The fourth-order valence-electron chi connectivity index (χ4n) is 1.95. The number of aliphatic hydroxyl groups is 1. The summed E-state index contributed by atoms with van der Waals surface area (Å²) in [4.78, 5) is 0. The van der Waals surface area contributed by atoms with Crippen molar-refractivity contribution in [2.45, 2.75) is 27.0 Å². The van der Waals surface area contributed by atoms with Crippen molar-refractivity contribution in [2.75, 3.05) is 0 Å². The van der Waals surface area contributed by atoms with Crippen LogP contribution in [0.3, 0.4) is 0 Å². The molecule has 96 valence electrons. The van der Waals surface area contributed by atoms with Crippen LogP contribution in [0.15, 0.2) is 18.2 Å². The smallest absolute Gasteiger partial charge is 0.142 e. The Bertz CT molecular complexity index is 581. The van der Waals surface area contributed by atoms with E-state index in [-0.39, 0.29) is 11.6 Å². The molecule has 1 heterocycles. The van der Waals surface area contributed by atoms with Crippen LogP contribution in [-0.4, -0.2) is 14.9 Å². The van der Waals surface area contributed by atoms with E-state index >= 15 is 0 Å². The highest BCUT2D eigenvalue weighted by atomic mass is 35.5. The molecule has 1 aromatic carbocycles. The summed E-state index contributed by atoms with van der Waals surface area (Å²) in [6.07, 6.45) is 0. The van der Waals surface area contributed by atoms with Gasteiger partial charge in [0.1, 0.15) is 5.82 Å². The molecule has 2 aromatic rings. The van der Waals surface area contributed by atoms with Crippen LogP contribution in [0.2, 0.25) is 5.02 Å². The van der Waals surface area contributed by atoms with Crippen LogP contribution in [-0.2, 0) is 13.2 Å². The minimum absolute atomic E-state index is 0.0471. The topological polar surface area (TPSA) is 38.0 Å². The molecule has 0 aliphatic rings. The fourth-order valence-corrected chi connectivity index (χ4v) is 2.13. The van der Waals surface area contributed by atoms with Gasteiger partial charge in [-0.15, -0.1) is 0 Å². The van der Waals surface area contributed by atoms with E-state index in [1.807, 2.05) is 13.8 Å². The first-order chi connectivity index (χ1) is 8.54. The average molecular weight is 269 g/mol. The number of aromatic nitrogens is 2. The van der Waals surface area contributed by atoms with Crippen LogP contribution in [0.4, 0.5) is 4.39 Å². The van der Waals surface area contributed by atoms with Gasteiger partial charge in [-0.2, -0.15) is 5.10 Å². The molecule has 0 radical (unpaired) electrons. The minimum Gasteiger partial charge on any atom is -0.392 e. The molecule has 0 bridgehead atoms. The van der Waals surface area contributed by atoms with E-state index in [0.717, 1.165) is 17.0 Å². The molecule has 5 heteroatoms. The number of aryl methyl sites for hydroxylation is 1. The Morgan fingerprint density at radius 3 is 2.72 bits per heavy atom. The van der Waals surface area contributed by atoms with E-state index in [1.54, 1.807) is 16.8 Å². The predicted octanol–water partition coefficient (Wildman–Crippen LogP) is 2.83. The van der Waals surface area contributed by atoms with Gasteiger partial charge in [-0.05, 0) is 25.5 Å². The summed E-state index contributed by atoms with van der Waals surface area (Å²) in [6, 6.07) is 4.71. The van der Waals surface area contributed by atoms with Gasteiger partial charge in [0.15, 0.2) is 0 Å². The molecule has 0 saturated carbocycles. The van der Waals surface area contributed by atoms with Crippen LogP contribution in [0, 0.1) is 19.7 Å². The summed E-state index contributed by atoms with van der Waals surface area (Å²) in [6.45, 7) is 4.05. The van der Waals surface area contributed by atoms with Gasteiger partial charge in [-0.1, -0.05) is 23.7 Å². The van der Waals surface area contributed by atoms with Crippen LogP contribution in [0.1, 0.15) is 22.5 Å². The quantitative estimate of drug-likeness (QED) is 0.930. The fraction of sp³-hybridized carbons (Fsp3) is 0.308. The number of benzene rings is 1. The van der Waals surface area contributed by atoms with Crippen molar-refractivity contribution in [3.8, 4) is 0 Å². The van der Waals surface area contributed by atoms with Gasteiger partial charge in [0.25, 0.3) is 0 Å². The number of halogens is 2. The molecule has 0 fully saturated rings. The van der Waals surface area contributed by atoms with Crippen LogP contribution in [0.25, 0.3) is 0 Å². The van der Waals surface area contributed by atoms with E-state index < -0.39 is 5.82 Å². The number of hydrogen-bond donors (Lipinski definition) is 1. The molecule has 18 heavy (non-hydrogen) atoms. The summed E-state index contributed by atoms with van der Waals surface area (Å²) in [5.41, 5.74) is 3.13. The van der Waals surface area contributed by atoms with Gasteiger partial charge in [0.05, 0.1) is 23.9 Å². The van der Waals surface area contributed by atoms with Crippen molar-refractivity contribution in [2.24, 2.45) is 0 Å². The van der Waals surface area contributed by atoms with Crippen molar-refractivity contribution in [3.05, 3.63) is 51.6 Å². The van der Waals surface area contributed by atoms with Crippen molar-refractivity contribution in [1.29, 1.82) is 0 Å². The number of hydrogen-bond acceptors (Lipinski definition) is 2. The van der Waals surface area contributed by atoms with Crippen molar-refractivity contribution >= 4 is 11.6 Å². The molecular formula is C13H14ClFN2O. The van der Waals surface area contributed by atoms with Gasteiger partial charge >= 0.3 is 0 Å². The lowest BCUT2D eigenvalue weighted by Gasteiger charge is -2.07. The Morgan fingerprint density at radius 2 is 2.11 bits per heavy atom. The first-order valence-electron chi connectivity index (χ1n) is 5.61. The highest BCUT2D eigenvalue weighted by Gasteiger charge is 2.12. The first kappa shape index (κ1) is 13.1. The van der Waals surface area contributed by atoms with Crippen LogP contribution < -0.4 is 0 Å². The highest BCUT2D eigenvalue weighted by Crippen LogP contribution is 2.22. The monoisotopic (exact) mass is 268 g/mol. The zero-order chi connectivity index (χ0) is 13.3. The summed E-state index contributed by atoms with van der Waals surface area (Å²) < 4.78 is 15.1. The van der Waals surface area contributed by atoms with Gasteiger partial charge in [-0.25, -0.2) is 4.39 Å². The molecule has 0 spiro atoms. The van der Waals surface area contributed by atoms with E-state index in [2.05, 4.69) is 5.10 Å². The number of rotatable bonds is 3. The maximum Gasteiger partial charge on any atom is 0.142 e. The maximum absolute atomic E-state index is 13.3. The normalized spacial score (nSPS) is 10.9.